The van der Waals surface area contributed by atoms with E-state index in [4.69, 9.17) is 4.74 Å². The standard InChI is InChI=1S/C18H26O3/c1-11(2)14-8-13(18(6-7-18)10-16(19)20)9-15(12(3)4)17(14)21-5/h8-9,11-12H,6-7,10H2,1-5H3,(H,19,20). The van der Waals surface area contributed by atoms with Gasteiger partial charge in [0.15, 0.2) is 0 Å². The highest BCUT2D eigenvalue weighted by Gasteiger charge is 2.46. The molecule has 1 aliphatic rings. The van der Waals surface area contributed by atoms with Gasteiger partial charge in [-0.15, -0.1) is 0 Å². The van der Waals surface area contributed by atoms with Crippen LogP contribution in [0.2, 0.25) is 0 Å². The maximum absolute atomic E-state index is 11.2. The summed E-state index contributed by atoms with van der Waals surface area (Å²) >= 11 is 0. The summed E-state index contributed by atoms with van der Waals surface area (Å²) in [5.41, 5.74) is 3.41. The van der Waals surface area contributed by atoms with Crippen molar-refractivity contribution in [1.82, 2.24) is 0 Å². The molecule has 0 unspecified atom stereocenters. The summed E-state index contributed by atoms with van der Waals surface area (Å²) in [6.45, 7) is 8.62. The summed E-state index contributed by atoms with van der Waals surface area (Å²) in [4.78, 5) is 11.2. The van der Waals surface area contributed by atoms with Gasteiger partial charge >= 0.3 is 5.97 Å². The first kappa shape index (κ1) is 15.9. The lowest BCUT2D eigenvalue weighted by atomic mass is 9.84. The number of hydrogen-bond donors (Lipinski definition) is 1. The van der Waals surface area contributed by atoms with E-state index in [0.29, 0.717) is 11.8 Å². The Labute approximate surface area is 127 Å². The Kier molecular flexibility index (Phi) is 4.31. The van der Waals surface area contributed by atoms with Crippen molar-refractivity contribution in [2.45, 2.75) is 64.2 Å². The number of methoxy groups -OCH3 is 1. The molecule has 0 saturated heterocycles. The van der Waals surface area contributed by atoms with Gasteiger partial charge in [0.1, 0.15) is 5.75 Å². The van der Waals surface area contributed by atoms with Crippen molar-refractivity contribution >= 4 is 5.97 Å². The van der Waals surface area contributed by atoms with Crippen LogP contribution >= 0.6 is 0 Å². The summed E-state index contributed by atoms with van der Waals surface area (Å²) in [7, 11) is 1.72. The van der Waals surface area contributed by atoms with Crippen molar-refractivity contribution in [2.75, 3.05) is 7.11 Å². The fourth-order valence-electron chi connectivity index (χ4n) is 3.08. The van der Waals surface area contributed by atoms with Gasteiger partial charge < -0.3 is 9.84 Å². The highest BCUT2D eigenvalue weighted by Crippen LogP contribution is 2.53. The minimum absolute atomic E-state index is 0.147. The van der Waals surface area contributed by atoms with E-state index in [2.05, 4.69) is 39.8 Å². The normalized spacial score (nSPS) is 16.3. The van der Waals surface area contributed by atoms with E-state index in [1.165, 1.54) is 16.7 Å². The van der Waals surface area contributed by atoms with Crippen LogP contribution in [0.5, 0.6) is 5.75 Å². The predicted molar refractivity (Wildman–Crippen MR) is 84.3 cm³/mol. The van der Waals surface area contributed by atoms with Crippen LogP contribution in [0.25, 0.3) is 0 Å². The van der Waals surface area contributed by atoms with Gasteiger partial charge in [0.2, 0.25) is 0 Å². The lowest BCUT2D eigenvalue weighted by molar-refractivity contribution is -0.137. The van der Waals surface area contributed by atoms with E-state index in [0.717, 1.165) is 18.6 Å². The highest BCUT2D eigenvalue weighted by molar-refractivity contribution is 5.70. The van der Waals surface area contributed by atoms with Crippen molar-refractivity contribution in [2.24, 2.45) is 0 Å². The van der Waals surface area contributed by atoms with E-state index < -0.39 is 5.97 Å². The highest BCUT2D eigenvalue weighted by atomic mass is 16.5. The third-order valence-electron chi connectivity index (χ3n) is 4.55. The van der Waals surface area contributed by atoms with Gasteiger partial charge in [0.25, 0.3) is 0 Å². The third-order valence-corrected chi connectivity index (χ3v) is 4.55. The molecule has 0 spiro atoms. The molecule has 1 aromatic carbocycles. The smallest absolute Gasteiger partial charge is 0.304 e. The second kappa shape index (κ2) is 5.70. The molecule has 116 valence electrons. The van der Waals surface area contributed by atoms with Crippen LogP contribution in [0.3, 0.4) is 0 Å². The number of carbonyl (C=O) groups is 1. The van der Waals surface area contributed by atoms with Gasteiger partial charge in [-0.2, -0.15) is 0 Å². The average Bonchev–Trinajstić information content (AvgIpc) is 3.16. The molecule has 0 atom stereocenters. The molecule has 1 saturated carbocycles. The van der Waals surface area contributed by atoms with Crippen LogP contribution in [0.4, 0.5) is 0 Å². The molecular formula is C18H26O3. The van der Waals surface area contributed by atoms with E-state index in [9.17, 15) is 9.90 Å². The Morgan fingerprint density at radius 3 is 1.95 bits per heavy atom. The number of ether oxygens (including phenoxy) is 1. The van der Waals surface area contributed by atoms with Crippen molar-refractivity contribution in [3.8, 4) is 5.75 Å². The Morgan fingerprint density at radius 2 is 1.67 bits per heavy atom. The second-order valence-corrected chi connectivity index (χ2v) is 6.85. The number of carboxylic acid groups (broad SMARTS) is 1. The zero-order valence-corrected chi connectivity index (χ0v) is 13.7. The Balaban J connectivity index is 2.56. The Morgan fingerprint density at radius 1 is 1.19 bits per heavy atom. The summed E-state index contributed by atoms with van der Waals surface area (Å²) in [6, 6.07) is 4.34. The summed E-state index contributed by atoms with van der Waals surface area (Å²) in [5, 5.41) is 9.18. The number of benzene rings is 1. The first-order valence-corrected chi connectivity index (χ1v) is 7.75. The molecule has 1 aliphatic carbocycles. The van der Waals surface area contributed by atoms with Gasteiger partial charge in [0, 0.05) is 5.41 Å². The first-order valence-electron chi connectivity index (χ1n) is 7.75. The maximum atomic E-state index is 11.2. The maximum Gasteiger partial charge on any atom is 0.304 e. The van der Waals surface area contributed by atoms with Gasteiger partial charge in [-0.05, 0) is 41.4 Å². The molecule has 3 heteroatoms. The molecule has 0 heterocycles. The number of carboxylic acids is 1. The SMILES string of the molecule is COc1c(C(C)C)cc(C2(CC(=O)O)CC2)cc1C(C)C. The molecule has 0 aromatic heterocycles. The van der Waals surface area contributed by atoms with Crippen LogP contribution in [0, 0.1) is 0 Å². The minimum Gasteiger partial charge on any atom is -0.496 e. The average molecular weight is 290 g/mol. The number of rotatable bonds is 6. The van der Waals surface area contributed by atoms with Crippen molar-refractivity contribution in [3.63, 3.8) is 0 Å². The molecular weight excluding hydrogens is 264 g/mol. The quantitative estimate of drug-likeness (QED) is 0.842. The van der Waals surface area contributed by atoms with E-state index in [1.54, 1.807) is 7.11 Å². The molecule has 0 radical (unpaired) electrons. The van der Waals surface area contributed by atoms with Crippen molar-refractivity contribution < 1.29 is 14.6 Å². The van der Waals surface area contributed by atoms with Crippen LogP contribution < -0.4 is 4.74 Å². The Hall–Kier alpha value is -1.51. The molecule has 0 amide bonds. The zero-order valence-electron chi connectivity index (χ0n) is 13.7. The van der Waals surface area contributed by atoms with E-state index in [1.807, 2.05) is 0 Å². The minimum atomic E-state index is -0.708. The second-order valence-electron chi connectivity index (χ2n) is 6.85. The lowest BCUT2D eigenvalue weighted by Gasteiger charge is -2.23. The van der Waals surface area contributed by atoms with Gasteiger partial charge in [0.05, 0.1) is 13.5 Å². The van der Waals surface area contributed by atoms with Crippen LogP contribution in [0.1, 0.15) is 75.5 Å². The first-order chi connectivity index (χ1) is 9.80. The summed E-state index contributed by atoms with van der Waals surface area (Å²) in [6.07, 6.45) is 2.18. The van der Waals surface area contributed by atoms with E-state index in [-0.39, 0.29) is 11.8 Å². The van der Waals surface area contributed by atoms with Gasteiger partial charge in [-0.3, -0.25) is 4.79 Å². The van der Waals surface area contributed by atoms with Crippen LogP contribution in [-0.4, -0.2) is 18.2 Å². The lowest BCUT2D eigenvalue weighted by Crippen LogP contribution is -2.15. The third kappa shape index (κ3) is 3.07. The summed E-state index contributed by atoms with van der Waals surface area (Å²) < 4.78 is 5.65. The number of hydrogen-bond acceptors (Lipinski definition) is 2. The molecule has 0 aliphatic heterocycles. The molecule has 3 nitrogen and oxygen atoms in total. The molecule has 1 fully saturated rings. The predicted octanol–water partition coefficient (Wildman–Crippen LogP) is 4.45. The molecule has 21 heavy (non-hydrogen) atoms. The fraction of sp³-hybridized carbons (Fsp3) is 0.611. The topological polar surface area (TPSA) is 46.5 Å². The molecule has 1 N–H and O–H groups in total. The summed E-state index contributed by atoms with van der Waals surface area (Å²) in [5.74, 6) is 0.978. The van der Waals surface area contributed by atoms with Crippen LogP contribution in [-0.2, 0) is 10.2 Å². The van der Waals surface area contributed by atoms with Crippen molar-refractivity contribution in [1.29, 1.82) is 0 Å². The zero-order chi connectivity index (χ0) is 15.8. The molecule has 0 bridgehead atoms. The van der Waals surface area contributed by atoms with E-state index >= 15 is 0 Å². The molecule has 1 aromatic rings. The van der Waals surface area contributed by atoms with Crippen molar-refractivity contribution in [3.05, 3.63) is 28.8 Å². The Bertz CT molecular complexity index is 510. The largest absolute Gasteiger partial charge is 0.496 e. The van der Waals surface area contributed by atoms with Gasteiger partial charge in [-0.25, -0.2) is 0 Å². The number of aliphatic carboxylic acids is 1. The van der Waals surface area contributed by atoms with Gasteiger partial charge in [-0.1, -0.05) is 39.8 Å². The fourth-order valence-corrected chi connectivity index (χ4v) is 3.08. The van der Waals surface area contributed by atoms with Crippen LogP contribution in [0.15, 0.2) is 12.1 Å². The molecule has 2 rings (SSSR count). The monoisotopic (exact) mass is 290 g/mol.